The average molecular weight is 469 g/mol. The number of para-hydroxylation sites is 2. The summed E-state index contributed by atoms with van der Waals surface area (Å²) in [5, 5.41) is 0. The van der Waals surface area contributed by atoms with Gasteiger partial charge in [-0.25, -0.2) is 12.8 Å². The molecule has 1 amide bonds. The Morgan fingerprint density at radius 2 is 1.85 bits per heavy atom. The summed E-state index contributed by atoms with van der Waals surface area (Å²) in [6, 6.07) is 19.0. The first-order valence-electron chi connectivity index (χ1n) is 10.7. The number of anilines is 1. The summed E-state index contributed by atoms with van der Waals surface area (Å²) in [7, 11) is -2.39. The number of nitrogens with one attached hydrogen (secondary N) is 1. The summed E-state index contributed by atoms with van der Waals surface area (Å²) >= 11 is 0. The first kappa shape index (κ1) is 22.8. The van der Waals surface area contributed by atoms with Crippen LogP contribution in [0.1, 0.15) is 28.8 Å². The Bertz CT molecular complexity index is 1250. The Morgan fingerprint density at radius 3 is 2.58 bits per heavy atom. The first-order valence-corrected chi connectivity index (χ1v) is 12.2. The molecule has 4 rings (SSSR count). The van der Waals surface area contributed by atoms with E-state index in [4.69, 9.17) is 4.74 Å². The van der Waals surface area contributed by atoms with Gasteiger partial charge in [0, 0.05) is 18.2 Å². The normalized spacial score (nSPS) is 15.9. The van der Waals surface area contributed by atoms with Crippen molar-refractivity contribution in [3.05, 3.63) is 89.7 Å². The van der Waals surface area contributed by atoms with Gasteiger partial charge in [-0.3, -0.25) is 9.52 Å². The maximum atomic E-state index is 13.5. The molecule has 0 saturated carbocycles. The lowest BCUT2D eigenvalue weighted by Crippen LogP contribution is -2.36. The van der Waals surface area contributed by atoms with Crippen molar-refractivity contribution < 1.29 is 22.3 Å². The maximum Gasteiger partial charge on any atom is 0.262 e. The molecule has 1 unspecified atom stereocenters. The summed E-state index contributed by atoms with van der Waals surface area (Å²) < 4.78 is 46.8. The van der Waals surface area contributed by atoms with E-state index in [-0.39, 0.29) is 22.7 Å². The average Bonchev–Trinajstić information content (AvgIpc) is 3.27. The summed E-state index contributed by atoms with van der Waals surface area (Å²) in [5.74, 6) is -0.0383. The van der Waals surface area contributed by atoms with Gasteiger partial charge in [-0.2, -0.15) is 0 Å². The van der Waals surface area contributed by atoms with Gasteiger partial charge in [0.2, 0.25) is 0 Å². The third-order valence-electron chi connectivity index (χ3n) is 5.76. The van der Waals surface area contributed by atoms with E-state index in [1.807, 2.05) is 6.07 Å². The van der Waals surface area contributed by atoms with Gasteiger partial charge in [-0.15, -0.1) is 0 Å². The van der Waals surface area contributed by atoms with Crippen LogP contribution in [0.5, 0.6) is 5.75 Å². The van der Waals surface area contributed by atoms with Crippen molar-refractivity contribution in [3.63, 3.8) is 0 Å². The van der Waals surface area contributed by atoms with E-state index in [0.29, 0.717) is 30.0 Å². The van der Waals surface area contributed by atoms with Crippen LogP contribution in [-0.2, 0) is 16.4 Å². The molecule has 6 nitrogen and oxygen atoms in total. The minimum atomic E-state index is -3.85. The molecule has 1 aliphatic rings. The number of amides is 1. The van der Waals surface area contributed by atoms with Crippen LogP contribution in [0, 0.1) is 5.82 Å². The van der Waals surface area contributed by atoms with Gasteiger partial charge in [0.25, 0.3) is 15.9 Å². The molecule has 33 heavy (non-hydrogen) atoms. The molecule has 1 saturated heterocycles. The van der Waals surface area contributed by atoms with Crippen LogP contribution in [0.3, 0.4) is 0 Å². The number of carbonyl (C=O) groups excluding carboxylic acids is 1. The number of nitrogens with zero attached hydrogens (tertiary/aromatic N) is 1. The van der Waals surface area contributed by atoms with Gasteiger partial charge in [-0.1, -0.05) is 24.3 Å². The number of carbonyl (C=O) groups is 1. The topological polar surface area (TPSA) is 75.7 Å². The van der Waals surface area contributed by atoms with Gasteiger partial charge < -0.3 is 9.64 Å². The number of methoxy groups -OCH3 is 1. The maximum absolute atomic E-state index is 13.5. The zero-order valence-electron chi connectivity index (χ0n) is 18.2. The molecule has 1 heterocycles. The Hall–Kier alpha value is -3.39. The number of sulfonamides is 1. The summed E-state index contributed by atoms with van der Waals surface area (Å²) in [4.78, 5) is 15.0. The number of likely N-dealkylation sites (tertiary alicyclic amines) is 1. The second-order valence-electron chi connectivity index (χ2n) is 7.96. The van der Waals surface area contributed by atoms with E-state index in [9.17, 15) is 17.6 Å². The molecule has 172 valence electrons. The number of ether oxygens (including phenoxy) is 1. The predicted octanol–water partition coefficient (Wildman–Crippen LogP) is 4.48. The van der Waals surface area contributed by atoms with Crippen LogP contribution in [0.25, 0.3) is 0 Å². The van der Waals surface area contributed by atoms with Crippen LogP contribution in [0.2, 0.25) is 0 Å². The summed E-state index contributed by atoms with van der Waals surface area (Å²) in [6.45, 7) is 0.619. The minimum absolute atomic E-state index is 0.0186. The number of benzene rings is 3. The fourth-order valence-electron chi connectivity index (χ4n) is 4.13. The second-order valence-corrected chi connectivity index (χ2v) is 9.64. The lowest BCUT2D eigenvalue weighted by molar-refractivity contribution is 0.0736. The number of halogens is 1. The molecular weight excluding hydrogens is 443 g/mol. The lowest BCUT2D eigenvalue weighted by atomic mass is 10.0. The third kappa shape index (κ3) is 5.17. The van der Waals surface area contributed by atoms with E-state index < -0.39 is 10.0 Å². The van der Waals surface area contributed by atoms with Crippen LogP contribution in [-0.4, -0.2) is 38.9 Å². The number of rotatable bonds is 7. The van der Waals surface area contributed by atoms with Crippen molar-refractivity contribution >= 4 is 21.6 Å². The molecule has 0 bridgehead atoms. The van der Waals surface area contributed by atoms with Gasteiger partial charge in [0.1, 0.15) is 11.6 Å². The Morgan fingerprint density at radius 1 is 1.09 bits per heavy atom. The molecule has 0 aliphatic carbocycles. The molecule has 1 aliphatic heterocycles. The van der Waals surface area contributed by atoms with Gasteiger partial charge in [-0.05, 0) is 73.4 Å². The zero-order valence-corrected chi connectivity index (χ0v) is 19.0. The molecule has 0 spiro atoms. The van der Waals surface area contributed by atoms with Crippen LogP contribution >= 0.6 is 0 Å². The van der Waals surface area contributed by atoms with Crippen molar-refractivity contribution in [2.24, 2.45) is 0 Å². The molecule has 0 radical (unpaired) electrons. The smallest absolute Gasteiger partial charge is 0.262 e. The monoisotopic (exact) mass is 468 g/mol. The zero-order chi connectivity index (χ0) is 23.4. The molecule has 1 atom stereocenters. The third-order valence-corrected chi connectivity index (χ3v) is 7.14. The van der Waals surface area contributed by atoms with Gasteiger partial charge in [0.05, 0.1) is 17.7 Å². The first-order chi connectivity index (χ1) is 15.9. The van der Waals surface area contributed by atoms with Gasteiger partial charge in [0.15, 0.2) is 0 Å². The Kier molecular flexibility index (Phi) is 6.65. The second kappa shape index (κ2) is 9.62. The van der Waals surface area contributed by atoms with Crippen molar-refractivity contribution in [3.8, 4) is 5.75 Å². The Labute approximate surface area is 193 Å². The SMILES string of the molecule is COc1ccccc1NS(=O)(=O)c1ccc(C(=O)N2CCCC2Cc2cccc(F)c2)cc1. The fraction of sp³-hybridized carbons (Fsp3) is 0.240. The van der Waals surface area contributed by atoms with Gasteiger partial charge >= 0.3 is 0 Å². The highest BCUT2D eigenvalue weighted by atomic mass is 32.2. The molecule has 8 heteroatoms. The van der Waals surface area contributed by atoms with Crippen molar-refractivity contribution in [1.82, 2.24) is 4.90 Å². The van der Waals surface area contributed by atoms with E-state index in [1.165, 1.54) is 43.5 Å². The van der Waals surface area contributed by atoms with Crippen molar-refractivity contribution in [2.45, 2.75) is 30.2 Å². The molecule has 3 aromatic rings. The molecular formula is C25H25FN2O4S. The molecule has 0 aromatic heterocycles. The molecule has 3 aromatic carbocycles. The standard InChI is InChI=1S/C25H25FN2O4S/c1-32-24-10-3-2-9-23(24)27-33(30,31)22-13-11-19(12-14-22)25(29)28-15-5-8-21(28)17-18-6-4-7-20(26)16-18/h2-4,6-7,9-14,16,21,27H,5,8,15,17H2,1H3. The van der Waals surface area contributed by atoms with E-state index in [1.54, 1.807) is 35.2 Å². The highest BCUT2D eigenvalue weighted by Crippen LogP contribution is 2.27. The fourth-order valence-corrected chi connectivity index (χ4v) is 5.20. The summed E-state index contributed by atoms with van der Waals surface area (Å²) in [5.41, 5.74) is 1.60. The van der Waals surface area contributed by atoms with E-state index in [2.05, 4.69) is 4.72 Å². The number of hydrogen-bond acceptors (Lipinski definition) is 4. The molecule has 1 fully saturated rings. The Balaban J connectivity index is 1.48. The van der Waals surface area contributed by atoms with Crippen molar-refractivity contribution in [1.29, 1.82) is 0 Å². The van der Waals surface area contributed by atoms with Crippen LogP contribution in [0.15, 0.2) is 77.7 Å². The molecule has 1 N–H and O–H groups in total. The minimum Gasteiger partial charge on any atom is -0.495 e. The predicted molar refractivity (Wildman–Crippen MR) is 124 cm³/mol. The largest absolute Gasteiger partial charge is 0.495 e. The quantitative estimate of drug-likeness (QED) is 0.555. The highest BCUT2D eigenvalue weighted by Gasteiger charge is 2.30. The van der Waals surface area contributed by atoms with E-state index >= 15 is 0 Å². The lowest BCUT2D eigenvalue weighted by Gasteiger charge is -2.25. The summed E-state index contributed by atoms with van der Waals surface area (Å²) in [6.07, 6.45) is 2.30. The highest BCUT2D eigenvalue weighted by molar-refractivity contribution is 7.92. The van der Waals surface area contributed by atoms with E-state index in [0.717, 1.165) is 18.4 Å². The van der Waals surface area contributed by atoms with Crippen LogP contribution in [0.4, 0.5) is 10.1 Å². The van der Waals surface area contributed by atoms with Crippen LogP contribution < -0.4 is 9.46 Å². The van der Waals surface area contributed by atoms with Crippen molar-refractivity contribution in [2.75, 3.05) is 18.4 Å². The number of hydrogen-bond donors (Lipinski definition) is 1.